The lowest BCUT2D eigenvalue weighted by Gasteiger charge is -2.24. The van der Waals surface area contributed by atoms with Crippen LogP contribution >= 0.6 is 11.6 Å². The summed E-state index contributed by atoms with van der Waals surface area (Å²) in [6, 6.07) is 5.18. The largest absolute Gasteiger partial charge is 0.304 e. The van der Waals surface area contributed by atoms with Gasteiger partial charge in [0.25, 0.3) is 5.69 Å². The molecule has 2 aromatic rings. The third kappa shape index (κ3) is 2.76. The molecule has 6 nitrogen and oxygen atoms in total. The first-order chi connectivity index (χ1) is 9.77. The Bertz CT molecular complexity index is 689. The van der Waals surface area contributed by atoms with Crippen molar-refractivity contribution in [2.24, 2.45) is 0 Å². The zero-order chi connectivity index (χ0) is 15.8. The van der Waals surface area contributed by atoms with E-state index in [1.54, 1.807) is 25.1 Å². The van der Waals surface area contributed by atoms with Gasteiger partial charge < -0.3 is 4.57 Å². The van der Waals surface area contributed by atoms with Crippen LogP contribution in [-0.4, -0.2) is 19.7 Å². The number of hydrogen-bond donors (Lipinski definition) is 0. The number of hydrogen-bond acceptors (Lipinski definition) is 4. The van der Waals surface area contributed by atoms with E-state index in [2.05, 4.69) is 10.2 Å². The van der Waals surface area contributed by atoms with E-state index in [9.17, 15) is 10.1 Å². The highest BCUT2D eigenvalue weighted by Gasteiger charge is 2.28. The van der Waals surface area contributed by atoms with Gasteiger partial charge in [-0.2, -0.15) is 0 Å². The van der Waals surface area contributed by atoms with Crippen molar-refractivity contribution >= 4 is 17.3 Å². The molecule has 0 saturated carbocycles. The molecule has 7 heteroatoms. The summed E-state index contributed by atoms with van der Waals surface area (Å²) in [6.45, 7) is 7.66. The predicted octanol–water partition coefficient (Wildman–Crippen LogP) is 3.66. The van der Waals surface area contributed by atoms with Crippen LogP contribution in [0.3, 0.4) is 0 Å². The zero-order valence-corrected chi connectivity index (χ0v) is 13.2. The number of nitro benzene ring substituents is 1. The molecule has 0 bridgehead atoms. The first-order valence-electron chi connectivity index (χ1n) is 6.52. The second-order valence-corrected chi connectivity index (χ2v) is 6.08. The Kier molecular flexibility index (Phi) is 4.00. The van der Waals surface area contributed by atoms with Gasteiger partial charge in [-0.1, -0.05) is 12.1 Å². The fourth-order valence-corrected chi connectivity index (χ4v) is 2.54. The summed E-state index contributed by atoms with van der Waals surface area (Å²) in [5.41, 5.74) is 0.768. The van der Waals surface area contributed by atoms with Gasteiger partial charge in [0, 0.05) is 11.1 Å². The standard InChI is InChI=1S/C14H17ClN4O2/c1-9-6-5-7-10(12(9)19(20)21)13-17-16-11(8-15)18(13)14(2,3)4/h5-7H,8H2,1-4H3. The molecule has 0 saturated heterocycles. The highest BCUT2D eigenvalue weighted by Crippen LogP contribution is 2.34. The molecular weight excluding hydrogens is 292 g/mol. The second kappa shape index (κ2) is 5.44. The van der Waals surface area contributed by atoms with Crippen LogP contribution in [0.25, 0.3) is 11.4 Å². The average molecular weight is 309 g/mol. The van der Waals surface area contributed by atoms with Gasteiger partial charge in [-0.15, -0.1) is 21.8 Å². The summed E-state index contributed by atoms with van der Waals surface area (Å²) in [7, 11) is 0. The summed E-state index contributed by atoms with van der Waals surface area (Å²) in [5.74, 6) is 1.26. The minimum absolute atomic E-state index is 0.0523. The number of aromatic nitrogens is 3. The van der Waals surface area contributed by atoms with Crippen LogP contribution in [0, 0.1) is 17.0 Å². The molecule has 0 aliphatic heterocycles. The first-order valence-corrected chi connectivity index (χ1v) is 7.06. The van der Waals surface area contributed by atoms with E-state index in [0.717, 1.165) is 0 Å². The van der Waals surface area contributed by atoms with Crippen LogP contribution in [0.15, 0.2) is 18.2 Å². The van der Waals surface area contributed by atoms with Gasteiger partial charge in [0.15, 0.2) is 5.82 Å². The molecule has 0 aliphatic rings. The van der Waals surface area contributed by atoms with Gasteiger partial charge in [0.05, 0.1) is 16.4 Å². The van der Waals surface area contributed by atoms with E-state index in [1.807, 2.05) is 25.3 Å². The van der Waals surface area contributed by atoms with Crippen LogP contribution in [0.2, 0.25) is 0 Å². The molecule has 1 aromatic heterocycles. The fraction of sp³-hybridized carbons (Fsp3) is 0.429. The Morgan fingerprint density at radius 2 is 2.00 bits per heavy atom. The molecule has 0 radical (unpaired) electrons. The molecule has 0 atom stereocenters. The number of nitro groups is 1. The molecule has 1 heterocycles. The second-order valence-electron chi connectivity index (χ2n) is 5.81. The Morgan fingerprint density at radius 1 is 1.33 bits per heavy atom. The van der Waals surface area contributed by atoms with E-state index < -0.39 is 0 Å². The van der Waals surface area contributed by atoms with Gasteiger partial charge in [0.2, 0.25) is 0 Å². The van der Waals surface area contributed by atoms with Crippen molar-refractivity contribution in [1.82, 2.24) is 14.8 Å². The zero-order valence-electron chi connectivity index (χ0n) is 12.4. The van der Waals surface area contributed by atoms with Crippen LogP contribution in [0.1, 0.15) is 32.2 Å². The molecule has 0 unspecified atom stereocenters. The normalized spacial score (nSPS) is 11.7. The minimum atomic E-state index is -0.382. The summed E-state index contributed by atoms with van der Waals surface area (Å²) >= 11 is 5.92. The topological polar surface area (TPSA) is 73.8 Å². The highest BCUT2D eigenvalue weighted by atomic mass is 35.5. The van der Waals surface area contributed by atoms with E-state index in [0.29, 0.717) is 22.8 Å². The van der Waals surface area contributed by atoms with E-state index in [1.165, 1.54) is 0 Å². The van der Waals surface area contributed by atoms with Crippen molar-refractivity contribution in [3.63, 3.8) is 0 Å². The molecule has 0 fully saturated rings. The lowest BCUT2D eigenvalue weighted by Crippen LogP contribution is -2.25. The van der Waals surface area contributed by atoms with Crippen molar-refractivity contribution in [1.29, 1.82) is 0 Å². The Hall–Kier alpha value is -1.95. The molecule has 0 N–H and O–H groups in total. The van der Waals surface area contributed by atoms with Crippen molar-refractivity contribution in [3.05, 3.63) is 39.7 Å². The number of halogens is 1. The molecule has 0 amide bonds. The van der Waals surface area contributed by atoms with Gasteiger partial charge >= 0.3 is 0 Å². The number of rotatable bonds is 3. The van der Waals surface area contributed by atoms with Gasteiger partial charge in [-0.3, -0.25) is 10.1 Å². The lowest BCUT2D eigenvalue weighted by molar-refractivity contribution is -0.384. The highest BCUT2D eigenvalue weighted by molar-refractivity contribution is 6.16. The maximum Gasteiger partial charge on any atom is 0.283 e. The number of alkyl halides is 1. The number of aryl methyl sites for hydroxylation is 1. The predicted molar refractivity (Wildman–Crippen MR) is 81.4 cm³/mol. The fourth-order valence-electron chi connectivity index (χ4n) is 2.36. The molecule has 0 spiro atoms. The van der Waals surface area contributed by atoms with E-state index in [-0.39, 0.29) is 22.0 Å². The van der Waals surface area contributed by atoms with E-state index in [4.69, 9.17) is 11.6 Å². The molecule has 21 heavy (non-hydrogen) atoms. The summed E-state index contributed by atoms with van der Waals surface area (Å²) < 4.78 is 1.85. The Balaban J connectivity index is 2.78. The summed E-state index contributed by atoms with van der Waals surface area (Å²) in [5, 5.41) is 19.6. The molecular formula is C14H17ClN4O2. The average Bonchev–Trinajstić information content (AvgIpc) is 2.81. The SMILES string of the molecule is Cc1cccc(-c2nnc(CCl)n2C(C)(C)C)c1[N+](=O)[O-]. The van der Waals surface area contributed by atoms with Crippen LogP contribution < -0.4 is 0 Å². The van der Waals surface area contributed by atoms with Crippen molar-refractivity contribution < 1.29 is 4.92 Å². The maximum atomic E-state index is 11.4. The van der Waals surface area contributed by atoms with Crippen LogP contribution in [0.4, 0.5) is 5.69 Å². The minimum Gasteiger partial charge on any atom is -0.304 e. The number of nitrogens with zero attached hydrogens (tertiary/aromatic N) is 4. The van der Waals surface area contributed by atoms with E-state index >= 15 is 0 Å². The third-order valence-corrected chi connectivity index (χ3v) is 3.42. The molecule has 112 valence electrons. The Morgan fingerprint density at radius 3 is 2.52 bits per heavy atom. The molecule has 0 aliphatic carbocycles. The number of para-hydroxylation sites is 1. The quantitative estimate of drug-likeness (QED) is 0.493. The van der Waals surface area contributed by atoms with Crippen LogP contribution in [0.5, 0.6) is 0 Å². The van der Waals surface area contributed by atoms with Gasteiger partial charge in [-0.05, 0) is 33.8 Å². The van der Waals surface area contributed by atoms with Crippen molar-refractivity contribution in [3.8, 4) is 11.4 Å². The Labute approximate surface area is 127 Å². The monoisotopic (exact) mass is 308 g/mol. The first kappa shape index (κ1) is 15.4. The third-order valence-electron chi connectivity index (χ3n) is 3.18. The van der Waals surface area contributed by atoms with Crippen molar-refractivity contribution in [2.45, 2.75) is 39.1 Å². The summed E-state index contributed by atoms with van der Waals surface area (Å²) in [4.78, 5) is 11.0. The lowest BCUT2D eigenvalue weighted by atomic mass is 10.0. The maximum absolute atomic E-state index is 11.4. The van der Waals surface area contributed by atoms with Gasteiger partial charge in [-0.25, -0.2) is 0 Å². The van der Waals surface area contributed by atoms with Gasteiger partial charge in [0.1, 0.15) is 5.82 Å². The summed E-state index contributed by atoms with van der Waals surface area (Å²) in [6.07, 6.45) is 0. The van der Waals surface area contributed by atoms with Crippen molar-refractivity contribution in [2.75, 3.05) is 0 Å². The smallest absolute Gasteiger partial charge is 0.283 e. The molecule has 1 aromatic carbocycles. The molecule has 2 rings (SSSR count). The number of benzene rings is 1. The van der Waals surface area contributed by atoms with Crippen LogP contribution in [-0.2, 0) is 11.4 Å².